The van der Waals surface area contributed by atoms with Gasteiger partial charge in [0.05, 0.1) is 16.7 Å². The number of esters is 1. The van der Waals surface area contributed by atoms with Gasteiger partial charge in [0, 0.05) is 12.3 Å². The van der Waals surface area contributed by atoms with Crippen LogP contribution in [-0.4, -0.2) is 33.2 Å². The molecule has 0 bridgehead atoms. The highest BCUT2D eigenvalue weighted by Gasteiger charge is 2.51. The van der Waals surface area contributed by atoms with Crippen molar-refractivity contribution in [3.63, 3.8) is 0 Å². The van der Waals surface area contributed by atoms with E-state index in [2.05, 4.69) is 13.8 Å². The van der Waals surface area contributed by atoms with Gasteiger partial charge >= 0.3 is 5.97 Å². The van der Waals surface area contributed by atoms with Gasteiger partial charge in [-0.25, -0.2) is 4.79 Å². The smallest absolute Gasteiger partial charge is 0.337 e. The summed E-state index contributed by atoms with van der Waals surface area (Å²) in [5.74, 6) is -0.922. The van der Waals surface area contributed by atoms with Gasteiger partial charge in [-0.1, -0.05) is 13.8 Å². The van der Waals surface area contributed by atoms with Crippen LogP contribution < -0.4 is 0 Å². The number of rotatable bonds is 0. The molecule has 0 saturated heterocycles. The number of aliphatic hydroxyl groups is 3. The van der Waals surface area contributed by atoms with Crippen molar-refractivity contribution >= 4 is 5.97 Å². The predicted octanol–water partition coefficient (Wildman–Crippen LogP) is 1.56. The van der Waals surface area contributed by atoms with E-state index in [0.717, 1.165) is 12.0 Å². The van der Waals surface area contributed by atoms with Crippen molar-refractivity contribution < 1.29 is 24.9 Å². The zero-order chi connectivity index (χ0) is 14.9. The lowest BCUT2D eigenvalue weighted by Crippen LogP contribution is -2.35. The second kappa shape index (κ2) is 3.86. The van der Waals surface area contributed by atoms with E-state index in [9.17, 15) is 20.1 Å². The first-order valence-corrected chi connectivity index (χ1v) is 6.89. The maximum atomic E-state index is 11.8. The lowest BCUT2D eigenvalue weighted by atomic mass is 9.80. The van der Waals surface area contributed by atoms with Crippen LogP contribution in [0.5, 0.6) is 0 Å². The zero-order valence-electron chi connectivity index (χ0n) is 11.9. The van der Waals surface area contributed by atoms with Gasteiger partial charge in [0.15, 0.2) is 0 Å². The highest BCUT2D eigenvalue weighted by molar-refractivity contribution is 5.93. The number of cyclic esters (lactones) is 1. The molecule has 0 radical (unpaired) electrons. The number of carbonyl (C=O) groups is 1. The van der Waals surface area contributed by atoms with Crippen molar-refractivity contribution in [1.82, 2.24) is 0 Å². The van der Waals surface area contributed by atoms with E-state index in [1.165, 1.54) is 0 Å². The normalized spacial score (nSPS) is 39.5. The first-order valence-electron chi connectivity index (χ1n) is 6.89. The molecular weight excluding hydrogens is 260 g/mol. The molecule has 1 aliphatic heterocycles. The van der Waals surface area contributed by atoms with Crippen LogP contribution in [0.25, 0.3) is 0 Å². The molecule has 0 spiro atoms. The molecule has 2 aliphatic carbocycles. The van der Waals surface area contributed by atoms with Crippen molar-refractivity contribution in [2.75, 3.05) is 0 Å². The zero-order valence-corrected chi connectivity index (χ0v) is 11.9. The SMILES string of the molecule is CC1(C)CC2=C(O)C3=C(CC(C)(O)C2C1)C(=O)OC3O. The average molecular weight is 280 g/mol. The molecule has 3 aliphatic rings. The molecule has 20 heavy (non-hydrogen) atoms. The number of aliphatic hydroxyl groups excluding tert-OH is 2. The molecule has 0 aromatic carbocycles. The van der Waals surface area contributed by atoms with Crippen LogP contribution in [0, 0.1) is 11.3 Å². The van der Waals surface area contributed by atoms with Crippen LogP contribution in [0.4, 0.5) is 0 Å². The average Bonchev–Trinajstić information content (AvgIpc) is 2.74. The van der Waals surface area contributed by atoms with E-state index >= 15 is 0 Å². The third kappa shape index (κ3) is 1.80. The van der Waals surface area contributed by atoms with Crippen molar-refractivity contribution in [3.05, 3.63) is 22.5 Å². The van der Waals surface area contributed by atoms with Gasteiger partial charge in [0.25, 0.3) is 0 Å². The summed E-state index contributed by atoms with van der Waals surface area (Å²) in [6.07, 6.45) is 0.0397. The van der Waals surface area contributed by atoms with E-state index in [1.54, 1.807) is 6.92 Å². The Balaban J connectivity index is 2.19. The van der Waals surface area contributed by atoms with Crippen molar-refractivity contribution in [3.8, 4) is 0 Å². The molecule has 0 aromatic heterocycles. The van der Waals surface area contributed by atoms with Crippen LogP contribution in [0.15, 0.2) is 22.5 Å². The maximum absolute atomic E-state index is 11.8. The van der Waals surface area contributed by atoms with Gasteiger partial charge in [0.2, 0.25) is 6.29 Å². The van der Waals surface area contributed by atoms with E-state index in [-0.39, 0.29) is 34.7 Å². The van der Waals surface area contributed by atoms with Crippen LogP contribution in [-0.2, 0) is 9.53 Å². The van der Waals surface area contributed by atoms with Crippen LogP contribution >= 0.6 is 0 Å². The Bertz CT molecular complexity index is 553. The maximum Gasteiger partial charge on any atom is 0.337 e. The van der Waals surface area contributed by atoms with Crippen LogP contribution in [0.2, 0.25) is 0 Å². The van der Waals surface area contributed by atoms with Gasteiger partial charge in [-0.3, -0.25) is 0 Å². The molecule has 1 fully saturated rings. The standard InChI is InChI=1S/C15H20O5/c1-14(2)4-7-9(6-14)15(3,19)5-8-10(11(7)16)13(18)20-12(8)17/h9,13,16,18-19H,4-6H2,1-3H3. The van der Waals surface area contributed by atoms with E-state index in [1.807, 2.05) is 0 Å². The molecule has 3 N–H and O–H groups in total. The molecule has 3 atom stereocenters. The van der Waals surface area contributed by atoms with Gasteiger partial charge in [-0.15, -0.1) is 0 Å². The van der Waals surface area contributed by atoms with E-state index < -0.39 is 17.9 Å². The monoisotopic (exact) mass is 280 g/mol. The number of hydrogen-bond donors (Lipinski definition) is 3. The summed E-state index contributed by atoms with van der Waals surface area (Å²) in [6.45, 7) is 5.85. The first-order chi connectivity index (χ1) is 9.12. The minimum atomic E-state index is -1.43. The quantitative estimate of drug-likeness (QED) is 0.586. The number of hydrogen-bond acceptors (Lipinski definition) is 5. The van der Waals surface area contributed by atoms with E-state index in [0.29, 0.717) is 6.42 Å². The Hall–Kier alpha value is -1.33. The van der Waals surface area contributed by atoms with Gasteiger partial charge in [0.1, 0.15) is 5.76 Å². The molecule has 0 amide bonds. The largest absolute Gasteiger partial charge is 0.507 e. The third-order valence-corrected chi connectivity index (χ3v) is 4.73. The fourth-order valence-electron chi connectivity index (χ4n) is 3.80. The molecule has 5 heteroatoms. The summed E-state index contributed by atoms with van der Waals surface area (Å²) in [7, 11) is 0. The summed E-state index contributed by atoms with van der Waals surface area (Å²) >= 11 is 0. The number of carbonyl (C=O) groups excluding carboxylic acids is 1. The van der Waals surface area contributed by atoms with Crippen molar-refractivity contribution in [2.24, 2.45) is 11.3 Å². The van der Waals surface area contributed by atoms with Crippen LogP contribution in [0.1, 0.15) is 40.0 Å². The molecule has 0 aromatic rings. The van der Waals surface area contributed by atoms with E-state index in [4.69, 9.17) is 4.74 Å². The minimum Gasteiger partial charge on any atom is -0.507 e. The summed E-state index contributed by atoms with van der Waals surface area (Å²) < 4.78 is 4.77. The molecule has 3 rings (SSSR count). The Kier molecular flexibility index (Phi) is 2.63. The van der Waals surface area contributed by atoms with Crippen molar-refractivity contribution in [1.29, 1.82) is 0 Å². The minimum absolute atomic E-state index is 0.0234. The van der Waals surface area contributed by atoms with Gasteiger partial charge in [-0.05, 0) is 30.8 Å². The predicted molar refractivity (Wildman–Crippen MR) is 70.5 cm³/mol. The topological polar surface area (TPSA) is 87.0 Å². The highest BCUT2D eigenvalue weighted by atomic mass is 16.6. The second-order valence-corrected chi connectivity index (χ2v) is 7.16. The molecule has 5 nitrogen and oxygen atoms in total. The Morgan fingerprint density at radius 3 is 2.55 bits per heavy atom. The summed E-state index contributed by atoms with van der Waals surface area (Å²) in [4.78, 5) is 11.8. The molecule has 110 valence electrons. The molecule has 1 heterocycles. The molecule has 3 unspecified atom stereocenters. The Morgan fingerprint density at radius 1 is 1.25 bits per heavy atom. The Labute approximate surface area is 117 Å². The first kappa shape index (κ1) is 13.6. The summed E-state index contributed by atoms with van der Waals surface area (Å²) in [5.41, 5.74) is -0.0886. The molecule has 1 saturated carbocycles. The fourth-order valence-corrected chi connectivity index (χ4v) is 3.80. The fraction of sp³-hybridized carbons (Fsp3) is 0.667. The second-order valence-electron chi connectivity index (χ2n) is 7.16. The summed E-state index contributed by atoms with van der Waals surface area (Å²) in [5, 5.41) is 31.1. The third-order valence-electron chi connectivity index (χ3n) is 4.73. The number of fused-ring (bicyclic) bond motifs is 1. The van der Waals surface area contributed by atoms with Crippen molar-refractivity contribution in [2.45, 2.75) is 51.9 Å². The highest BCUT2D eigenvalue weighted by Crippen LogP contribution is 2.54. The van der Waals surface area contributed by atoms with Gasteiger partial charge < -0.3 is 20.1 Å². The number of ether oxygens (including phenoxy) is 1. The molecular formula is C15H20O5. The Morgan fingerprint density at radius 2 is 1.90 bits per heavy atom. The van der Waals surface area contributed by atoms with Gasteiger partial charge in [-0.2, -0.15) is 0 Å². The summed E-state index contributed by atoms with van der Waals surface area (Å²) in [6, 6.07) is 0. The lowest BCUT2D eigenvalue weighted by Gasteiger charge is -2.31. The lowest BCUT2D eigenvalue weighted by molar-refractivity contribution is -0.152. The van der Waals surface area contributed by atoms with Crippen LogP contribution in [0.3, 0.4) is 0 Å².